The summed E-state index contributed by atoms with van der Waals surface area (Å²) in [5, 5.41) is 8.75. The first-order valence-electron chi connectivity index (χ1n) is 6.18. The second-order valence-electron chi connectivity index (χ2n) is 4.82. The van der Waals surface area contributed by atoms with Crippen LogP contribution in [0, 0.1) is 0 Å². The predicted molar refractivity (Wildman–Crippen MR) is 65.1 cm³/mol. The number of nitrogens with zero attached hydrogens (tertiary/aromatic N) is 1. The number of rotatable bonds is 3. The summed E-state index contributed by atoms with van der Waals surface area (Å²) in [7, 11) is 0. The summed E-state index contributed by atoms with van der Waals surface area (Å²) in [4.78, 5) is 23.8. The molecule has 1 heterocycles. The van der Waals surface area contributed by atoms with E-state index in [1.165, 1.54) is 0 Å². The SMILES string of the molecule is O=C(c1ccc(OC(F)(F)F)cc1)N1CCC(F)(C(=O)O)C1. The number of carbonyl (C=O) groups is 2. The molecular weight excluding hydrogens is 310 g/mol. The maximum absolute atomic E-state index is 13.9. The van der Waals surface area contributed by atoms with E-state index in [0.29, 0.717) is 0 Å². The molecule has 1 aliphatic heterocycles. The second-order valence-corrected chi connectivity index (χ2v) is 4.82. The third-order valence-corrected chi connectivity index (χ3v) is 3.22. The van der Waals surface area contributed by atoms with Crippen LogP contribution >= 0.6 is 0 Å². The minimum Gasteiger partial charge on any atom is -0.479 e. The molecule has 1 aromatic carbocycles. The van der Waals surface area contributed by atoms with Gasteiger partial charge < -0.3 is 14.7 Å². The number of benzene rings is 1. The van der Waals surface area contributed by atoms with Gasteiger partial charge in [0.2, 0.25) is 5.67 Å². The van der Waals surface area contributed by atoms with Crippen molar-refractivity contribution in [3.05, 3.63) is 29.8 Å². The predicted octanol–water partition coefficient (Wildman–Crippen LogP) is 2.22. The maximum atomic E-state index is 13.9. The number of hydrogen-bond donors (Lipinski definition) is 1. The lowest BCUT2D eigenvalue weighted by atomic mass is 10.1. The molecule has 1 amide bonds. The van der Waals surface area contributed by atoms with Crippen LogP contribution in [-0.4, -0.2) is 47.0 Å². The number of amides is 1. The van der Waals surface area contributed by atoms with Crippen LogP contribution in [0.25, 0.3) is 0 Å². The average molecular weight is 321 g/mol. The molecule has 0 saturated carbocycles. The zero-order valence-electron chi connectivity index (χ0n) is 11.1. The fraction of sp³-hybridized carbons (Fsp3) is 0.385. The van der Waals surface area contributed by atoms with Gasteiger partial charge in [0, 0.05) is 18.5 Å². The number of halogens is 4. The largest absolute Gasteiger partial charge is 0.573 e. The van der Waals surface area contributed by atoms with E-state index in [2.05, 4.69) is 4.74 Å². The van der Waals surface area contributed by atoms with Gasteiger partial charge in [-0.2, -0.15) is 0 Å². The number of carbonyl (C=O) groups excluding carboxylic acids is 1. The molecule has 0 spiro atoms. The van der Waals surface area contributed by atoms with Gasteiger partial charge >= 0.3 is 12.3 Å². The molecule has 1 aromatic rings. The number of carboxylic acids is 1. The van der Waals surface area contributed by atoms with Crippen LogP contribution in [-0.2, 0) is 4.79 Å². The Hall–Kier alpha value is -2.32. The third-order valence-electron chi connectivity index (χ3n) is 3.22. The average Bonchev–Trinajstić information content (AvgIpc) is 2.81. The summed E-state index contributed by atoms with van der Waals surface area (Å²) in [5.41, 5.74) is -2.47. The Balaban J connectivity index is 2.06. The molecule has 2 rings (SSSR count). The molecule has 5 nitrogen and oxygen atoms in total. The first kappa shape index (κ1) is 16.1. The molecule has 1 N–H and O–H groups in total. The molecule has 0 aliphatic carbocycles. The molecule has 1 fully saturated rings. The fourth-order valence-corrected chi connectivity index (χ4v) is 2.10. The quantitative estimate of drug-likeness (QED) is 0.867. The van der Waals surface area contributed by atoms with Crippen LogP contribution in [0.4, 0.5) is 17.6 Å². The summed E-state index contributed by atoms with van der Waals surface area (Å²) >= 11 is 0. The zero-order chi connectivity index (χ0) is 16.5. The van der Waals surface area contributed by atoms with Gasteiger partial charge in [0.05, 0.1) is 6.54 Å². The summed E-state index contributed by atoms with van der Waals surface area (Å²) in [6.07, 6.45) is -5.17. The van der Waals surface area contributed by atoms with Gasteiger partial charge in [0.1, 0.15) is 5.75 Å². The van der Waals surface area contributed by atoms with E-state index in [1.54, 1.807) is 0 Å². The van der Waals surface area contributed by atoms with Crippen molar-refractivity contribution in [3.8, 4) is 5.75 Å². The molecule has 1 aliphatic rings. The van der Waals surface area contributed by atoms with E-state index in [4.69, 9.17) is 5.11 Å². The molecule has 9 heteroatoms. The van der Waals surface area contributed by atoms with E-state index in [9.17, 15) is 27.2 Å². The number of hydrogen-bond acceptors (Lipinski definition) is 3. The van der Waals surface area contributed by atoms with Crippen molar-refractivity contribution < 1.29 is 37.0 Å². The Morgan fingerprint density at radius 3 is 2.27 bits per heavy atom. The highest BCUT2D eigenvalue weighted by atomic mass is 19.4. The topological polar surface area (TPSA) is 66.8 Å². The van der Waals surface area contributed by atoms with Crippen LogP contribution in [0.5, 0.6) is 5.75 Å². The monoisotopic (exact) mass is 321 g/mol. The second kappa shape index (κ2) is 5.47. The summed E-state index contributed by atoms with van der Waals surface area (Å²) in [6.45, 7) is -0.676. The standard InChI is InChI=1S/C13H11F4NO4/c14-12(11(20)21)5-6-18(7-12)10(19)8-1-3-9(4-2-8)22-13(15,16)17/h1-4H,5-7H2,(H,20,21). The lowest BCUT2D eigenvalue weighted by Crippen LogP contribution is -2.38. The first-order chi connectivity index (χ1) is 10.1. The fourth-order valence-electron chi connectivity index (χ4n) is 2.10. The van der Waals surface area contributed by atoms with E-state index in [-0.39, 0.29) is 18.5 Å². The normalized spacial score (nSPS) is 21.7. The Kier molecular flexibility index (Phi) is 3.99. The Labute approximate surface area is 122 Å². The maximum Gasteiger partial charge on any atom is 0.573 e. The van der Waals surface area contributed by atoms with Crippen LogP contribution in [0.3, 0.4) is 0 Å². The minimum absolute atomic E-state index is 0.0177. The van der Waals surface area contributed by atoms with Gasteiger partial charge in [-0.3, -0.25) is 4.79 Å². The van der Waals surface area contributed by atoms with Crippen molar-refractivity contribution in [2.75, 3.05) is 13.1 Å². The number of ether oxygens (including phenoxy) is 1. The lowest BCUT2D eigenvalue weighted by Gasteiger charge is -2.18. The van der Waals surface area contributed by atoms with Crippen LogP contribution in [0.1, 0.15) is 16.8 Å². The van der Waals surface area contributed by atoms with E-state index in [0.717, 1.165) is 29.2 Å². The van der Waals surface area contributed by atoms with Crippen molar-refractivity contribution in [3.63, 3.8) is 0 Å². The highest BCUT2D eigenvalue weighted by Gasteiger charge is 2.47. The summed E-state index contributed by atoms with van der Waals surface area (Å²) in [6, 6.07) is 4.11. The molecule has 0 radical (unpaired) electrons. The van der Waals surface area contributed by atoms with Crippen molar-refractivity contribution in [2.45, 2.75) is 18.5 Å². The molecule has 0 aromatic heterocycles. The lowest BCUT2D eigenvalue weighted by molar-refractivity contribution is -0.274. The number of aliphatic carboxylic acids is 1. The van der Waals surface area contributed by atoms with E-state index in [1.807, 2.05) is 0 Å². The van der Waals surface area contributed by atoms with Gasteiger partial charge in [-0.1, -0.05) is 0 Å². The minimum atomic E-state index is -4.84. The number of alkyl halides is 4. The van der Waals surface area contributed by atoms with Gasteiger partial charge in [0.25, 0.3) is 5.91 Å². The van der Waals surface area contributed by atoms with Crippen molar-refractivity contribution >= 4 is 11.9 Å². The molecular formula is C13H11F4NO4. The smallest absolute Gasteiger partial charge is 0.479 e. The Morgan fingerprint density at radius 2 is 1.82 bits per heavy atom. The van der Waals surface area contributed by atoms with Crippen LogP contribution in [0.15, 0.2) is 24.3 Å². The molecule has 1 saturated heterocycles. The van der Waals surface area contributed by atoms with Gasteiger partial charge in [-0.15, -0.1) is 13.2 Å². The van der Waals surface area contributed by atoms with Crippen molar-refractivity contribution in [1.29, 1.82) is 0 Å². The van der Waals surface area contributed by atoms with Crippen molar-refractivity contribution in [1.82, 2.24) is 4.90 Å². The van der Waals surface area contributed by atoms with Gasteiger partial charge in [0.15, 0.2) is 0 Å². The third kappa shape index (κ3) is 3.46. The number of likely N-dealkylation sites (tertiary alicyclic amines) is 1. The zero-order valence-corrected chi connectivity index (χ0v) is 11.1. The van der Waals surface area contributed by atoms with Gasteiger partial charge in [-0.05, 0) is 24.3 Å². The molecule has 0 bridgehead atoms. The summed E-state index contributed by atoms with van der Waals surface area (Å²) < 4.78 is 53.6. The van der Waals surface area contributed by atoms with E-state index < -0.39 is 36.2 Å². The Bertz CT molecular complexity index is 587. The van der Waals surface area contributed by atoms with Crippen molar-refractivity contribution in [2.24, 2.45) is 0 Å². The molecule has 1 unspecified atom stereocenters. The Morgan fingerprint density at radius 1 is 1.23 bits per heavy atom. The highest BCUT2D eigenvalue weighted by molar-refractivity contribution is 5.95. The molecule has 120 valence electrons. The highest BCUT2D eigenvalue weighted by Crippen LogP contribution is 2.28. The molecule has 1 atom stereocenters. The van der Waals surface area contributed by atoms with Crippen LogP contribution in [0.2, 0.25) is 0 Å². The number of carboxylic acid groups (broad SMARTS) is 1. The molecule has 22 heavy (non-hydrogen) atoms. The summed E-state index contributed by atoms with van der Waals surface area (Å²) in [5.74, 6) is -2.79. The van der Waals surface area contributed by atoms with E-state index >= 15 is 0 Å². The van der Waals surface area contributed by atoms with Gasteiger partial charge in [-0.25, -0.2) is 9.18 Å². The first-order valence-corrected chi connectivity index (χ1v) is 6.18. The van der Waals surface area contributed by atoms with Crippen LogP contribution < -0.4 is 4.74 Å².